The normalized spacial score (nSPS) is 10.2. The molecule has 2 aromatic rings. The average Bonchev–Trinajstić information content (AvgIpc) is 2.41. The Morgan fingerprint density at radius 2 is 2.25 bits per heavy atom. The highest BCUT2D eigenvalue weighted by atomic mass is 32.2. The molecule has 2 rings (SSSR count). The molecular formula is C13H13N3O3S. The maximum absolute atomic E-state index is 11.9. The highest BCUT2D eigenvalue weighted by Gasteiger charge is 2.14. The molecule has 6 nitrogen and oxygen atoms in total. The van der Waals surface area contributed by atoms with Gasteiger partial charge >= 0.3 is 5.97 Å². The number of anilines is 1. The number of carbonyl (C=O) groups excluding carboxylic acids is 1. The number of ether oxygens (including phenoxy) is 1. The predicted octanol–water partition coefficient (Wildman–Crippen LogP) is 1.68. The van der Waals surface area contributed by atoms with Crippen LogP contribution in [0.3, 0.4) is 0 Å². The first-order valence-corrected chi connectivity index (χ1v) is 6.71. The molecule has 104 valence electrons. The molecule has 0 atom stereocenters. The number of nitrogens with zero attached hydrogens (tertiary/aromatic N) is 1. The topological polar surface area (TPSA) is 98.1 Å². The van der Waals surface area contributed by atoms with E-state index in [1.54, 1.807) is 25.1 Å². The van der Waals surface area contributed by atoms with Gasteiger partial charge in [0, 0.05) is 22.8 Å². The molecule has 0 amide bonds. The lowest BCUT2D eigenvalue weighted by molar-refractivity contribution is 0.0522. The summed E-state index contributed by atoms with van der Waals surface area (Å²) in [5.74, 6) is -0.458. The van der Waals surface area contributed by atoms with E-state index in [0.29, 0.717) is 21.3 Å². The Morgan fingerprint density at radius 1 is 1.45 bits per heavy atom. The van der Waals surface area contributed by atoms with Gasteiger partial charge in [0.25, 0.3) is 5.56 Å². The van der Waals surface area contributed by atoms with Crippen LogP contribution in [0.5, 0.6) is 0 Å². The van der Waals surface area contributed by atoms with Crippen molar-refractivity contribution in [2.75, 3.05) is 12.3 Å². The number of H-pyrrole nitrogens is 1. The summed E-state index contributed by atoms with van der Waals surface area (Å²) >= 11 is 1.17. The minimum Gasteiger partial charge on any atom is -0.462 e. The zero-order valence-electron chi connectivity index (χ0n) is 10.8. The van der Waals surface area contributed by atoms with Gasteiger partial charge in [0.05, 0.1) is 12.2 Å². The molecule has 0 saturated heterocycles. The SMILES string of the molecule is CCOC(=O)c1cc(N)ccc1Sc1nccc(=O)[nH]1. The number of carbonyl (C=O) groups is 1. The van der Waals surface area contributed by atoms with E-state index in [1.807, 2.05) is 0 Å². The third kappa shape index (κ3) is 3.39. The number of benzene rings is 1. The first-order valence-electron chi connectivity index (χ1n) is 5.90. The molecule has 0 fully saturated rings. The van der Waals surface area contributed by atoms with Gasteiger partial charge in [-0.3, -0.25) is 4.79 Å². The van der Waals surface area contributed by atoms with Crippen molar-refractivity contribution in [3.63, 3.8) is 0 Å². The molecule has 1 aromatic heterocycles. The Bertz CT molecular complexity index is 685. The lowest BCUT2D eigenvalue weighted by atomic mass is 10.2. The Morgan fingerprint density at radius 3 is 2.95 bits per heavy atom. The predicted molar refractivity (Wildman–Crippen MR) is 75.8 cm³/mol. The Labute approximate surface area is 119 Å². The number of nitrogen functional groups attached to an aromatic ring is 1. The van der Waals surface area contributed by atoms with Gasteiger partial charge in [0.1, 0.15) is 0 Å². The van der Waals surface area contributed by atoms with Crippen molar-refractivity contribution in [2.45, 2.75) is 17.0 Å². The second-order valence-corrected chi connectivity index (χ2v) is 4.85. The van der Waals surface area contributed by atoms with Gasteiger partial charge in [0.2, 0.25) is 0 Å². The Balaban J connectivity index is 2.36. The number of hydrogen-bond acceptors (Lipinski definition) is 6. The maximum Gasteiger partial charge on any atom is 0.339 e. The second kappa shape index (κ2) is 6.25. The zero-order valence-corrected chi connectivity index (χ0v) is 11.6. The van der Waals surface area contributed by atoms with Gasteiger partial charge in [-0.05, 0) is 25.1 Å². The first kappa shape index (κ1) is 14.1. The van der Waals surface area contributed by atoms with Crippen molar-refractivity contribution < 1.29 is 9.53 Å². The zero-order chi connectivity index (χ0) is 14.5. The van der Waals surface area contributed by atoms with Crippen molar-refractivity contribution >= 4 is 23.4 Å². The molecule has 20 heavy (non-hydrogen) atoms. The molecule has 0 aliphatic heterocycles. The molecule has 1 heterocycles. The van der Waals surface area contributed by atoms with Crippen molar-refractivity contribution in [3.8, 4) is 0 Å². The lowest BCUT2D eigenvalue weighted by Gasteiger charge is -2.08. The van der Waals surface area contributed by atoms with Gasteiger partial charge in [-0.1, -0.05) is 11.8 Å². The molecule has 1 aromatic carbocycles. The van der Waals surface area contributed by atoms with Crippen molar-refractivity contribution in [3.05, 3.63) is 46.4 Å². The highest BCUT2D eigenvalue weighted by molar-refractivity contribution is 7.99. The molecule has 0 radical (unpaired) electrons. The second-order valence-electron chi connectivity index (χ2n) is 3.82. The molecular weight excluding hydrogens is 278 g/mol. The average molecular weight is 291 g/mol. The van der Waals surface area contributed by atoms with Crippen LogP contribution in [-0.4, -0.2) is 22.5 Å². The third-order valence-corrected chi connectivity index (χ3v) is 3.33. The quantitative estimate of drug-likeness (QED) is 0.505. The lowest BCUT2D eigenvalue weighted by Crippen LogP contribution is -2.08. The summed E-state index contributed by atoms with van der Waals surface area (Å²) in [4.78, 5) is 30.4. The largest absolute Gasteiger partial charge is 0.462 e. The van der Waals surface area contributed by atoms with Crippen LogP contribution in [-0.2, 0) is 4.74 Å². The minimum atomic E-state index is -0.458. The van der Waals surface area contributed by atoms with Gasteiger partial charge in [-0.2, -0.15) is 0 Å². The van der Waals surface area contributed by atoms with E-state index >= 15 is 0 Å². The molecule has 7 heteroatoms. The standard InChI is InChI=1S/C13H13N3O3S/c1-2-19-12(18)9-7-8(14)3-4-10(9)20-13-15-6-5-11(17)16-13/h3-7H,2,14H2,1H3,(H,15,16,17). The van der Waals surface area contributed by atoms with Gasteiger partial charge < -0.3 is 15.5 Å². The number of hydrogen-bond donors (Lipinski definition) is 2. The summed E-state index contributed by atoms with van der Waals surface area (Å²) in [6.45, 7) is 2.01. The van der Waals surface area contributed by atoms with E-state index in [9.17, 15) is 9.59 Å². The smallest absolute Gasteiger partial charge is 0.339 e. The van der Waals surface area contributed by atoms with Crippen LogP contribution < -0.4 is 11.3 Å². The molecule has 0 aliphatic rings. The summed E-state index contributed by atoms with van der Waals surface area (Å²) in [5, 5.41) is 0.396. The Hall–Kier alpha value is -2.28. The van der Waals surface area contributed by atoms with E-state index in [4.69, 9.17) is 10.5 Å². The number of nitrogens with two attached hydrogens (primary N) is 1. The minimum absolute atomic E-state index is 0.254. The van der Waals surface area contributed by atoms with Gasteiger partial charge in [0.15, 0.2) is 5.16 Å². The van der Waals surface area contributed by atoms with Crippen molar-refractivity contribution in [2.24, 2.45) is 0 Å². The van der Waals surface area contributed by atoms with E-state index < -0.39 is 5.97 Å². The summed E-state index contributed by atoms with van der Waals surface area (Å²) in [5.41, 5.74) is 6.25. The molecule has 0 aliphatic carbocycles. The summed E-state index contributed by atoms with van der Waals surface area (Å²) < 4.78 is 4.98. The van der Waals surface area contributed by atoms with Crippen LogP contribution in [0.4, 0.5) is 5.69 Å². The van der Waals surface area contributed by atoms with E-state index in [0.717, 1.165) is 0 Å². The van der Waals surface area contributed by atoms with Crippen LogP contribution in [0.15, 0.2) is 45.3 Å². The van der Waals surface area contributed by atoms with Crippen LogP contribution in [0.2, 0.25) is 0 Å². The van der Waals surface area contributed by atoms with Crippen molar-refractivity contribution in [1.82, 2.24) is 9.97 Å². The number of nitrogens with one attached hydrogen (secondary N) is 1. The third-order valence-electron chi connectivity index (χ3n) is 2.35. The van der Waals surface area contributed by atoms with E-state index in [1.165, 1.54) is 24.0 Å². The fraction of sp³-hybridized carbons (Fsp3) is 0.154. The van der Waals surface area contributed by atoms with E-state index in [2.05, 4.69) is 9.97 Å². The molecule has 0 unspecified atom stereocenters. The van der Waals surface area contributed by atoms with Crippen LogP contribution in [0, 0.1) is 0 Å². The molecule has 0 spiro atoms. The summed E-state index contributed by atoms with van der Waals surface area (Å²) in [7, 11) is 0. The Kier molecular flexibility index (Phi) is 4.41. The monoisotopic (exact) mass is 291 g/mol. The summed E-state index contributed by atoms with van der Waals surface area (Å²) in [6.07, 6.45) is 1.41. The van der Waals surface area contributed by atoms with Gasteiger partial charge in [-0.15, -0.1) is 0 Å². The summed E-state index contributed by atoms with van der Waals surface area (Å²) in [6, 6.07) is 6.23. The number of aromatic nitrogens is 2. The number of esters is 1. The highest BCUT2D eigenvalue weighted by Crippen LogP contribution is 2.29. The van der Waals surface area contributed by atoms with Crippen LogP contribution in [0.1, 0.15) is 17.3 Å². The van der Waals surface area contributed by atoms with Crippen LogP contribution >= 0.6 is 11.8 Å². The van der Waals surface area contributed by atoms with Crippen molar-refractivity contribution in [1.29, 1.82) is 0 Å². The number of rotatable bonds is 4. The molecule has 0 bridgehead atoms. The fourth-order valence-electron chi connectivity index (χ4n) is 1.51. The maximum atomic E-state index is 11.9. The molecule has 3 N–H and O–H groups in total. The fourth-order valence-corrected chi connectivity index (χ4v) is 2.37. The number of aromatic amines is 1. The van der Waals surface area contributed by atoms with Crippen LogP contribution in [0.25, 0.3) is 0 Å². The van der Waals surface area contributed by atoms with Gasteiger partial charge in [-0.25, -0.2) is 9.78 Å². The van der Waals surface area contributed by atoms with E-state index in [-0.39, 0.29) is 12.2 Å². The molecule has 0 saturated carbocycles. The first-order chi connectivity index (χ1) is 9.60.